The van der Waals surface area contributed by atoms with Crippen molar-refractivity contribution in [3.05, 3.63) is 81.8 Å². The number of hydrogen-bond donors (Lipinski definition) is 2. The fourth-order valence-electron chi connectivity index (χ4n) is 2.60. The lowest BCUT2D eigenvalue weighted by Gasteiger charge is -2.11. The first-order chi connectivity index (χ1) is 14.6. The molecule has 6 nitrogen and oxygen atoms in total. The Morgan fingerprint density at radius 1 is 0.871 bits per heavy atom. The summed E-state index contributed by atoms with van der Waals surface area (Å²) in [4.78, 5) is 12.1. The Balaban J connectivity index is 1.59. The minimum absolute atomic E-state index is 0.0512. The first-order valence-electron chi connectivity index (χ1n) is 9.22. The zero-order valence-corrected chi connectivity index (χ0v) is 19.1. The van der Waals surface area contributed by atoms with E-state index in [1.165, 1.54) is 24.3 Å². The topological polar surface area (TPSA) is 84.5 Å². The van der Waals surface area contributed by atoms with E-state index in [1.54, 1.807) is 36.4 Å². The summed E-state index contributed by atoms with van der Waals surface area (Å²) < 4.78 is 33.0. The third kappa shape index (κ3) is 6.13. The predicted molar refractivity (Wildman–Crippen MR) is 124 cm³/mol. The Morgan fingerprint density at radius 2 is 1.42 bits per heavy atom. The van der Waals surface area contributed by atoms with E-state index >= 15 is 0 Å². The average molecular weight is 479 g/mol. The highest BCUT2D eigenvalue weighted by molar-refractivity contribution is 7.92. The van der Waals surface area contributed by atoms with Gasteiger partial charge in [0.2, 0.25) is 0 Å². The fraction of sp³-hybridized carbons (Fsp3) is 0.136. The van der Waals surface area contributed by atoms with Crippen molar-refractivity contribution in [2.75, 3.05) is 16.6 Å². The first kappa shape index (κ1) is 22.9. The van der Waals surface area contributed by atoms with Crippen LogP contribution in [0.2, 0.25) is 10.0 Å². The second kappa shape index (κ2) is 9.60. The molecule has 3 rings (SSSR count). The molecule has 0 heterocycles. The van der Waals surface area contributed by atoms with Crippen molar-refractivity contribution >= 4 is 50.5 Å². The van der Waals surface area contributed by atoms with Gasteiger partial charge in [0.05, 0.1) is 10.6 Å². The zero-order valence-electron chi connectivity index (χ0n) is 16.8. The summed E-state index contributed by atoms with van der Waals surface area (Å²) in [6, 6.07) is 15.9. The number of carbonyl (C=O) groups excluding carboxylic acids is 1. The van der Waals surface area contributed by atoms with Crippen molar-refractivity contribution in [1.82, 2.24) is 0 Å². The minimum Gasteiger partial charge on any atom is -0.484 e. The summed E-state index contributed by atoms with van der Waals surface area (Å²) in [5.74, 6) is -0.0102. The van der Waals surface area contributed by atoms with Gasteiger partial charge in [0.15, 0.2) is 6.61 Å². The van der Waals surface area contributed by atoms with E-state index in [0.29, 0.717) is 27.2 Å². The van der Waals surface area contributed by atoms with E-state index in [0.717, 1.165) is 11.1 Å². The molecular weight excluding hydrogens is 459 g/mol. The molecule has 0 unspecified atom stereocenters. The second-order valence-electron chi connectivity index (χ2n) is 6.84. The van der Waals surface area contributed by atoms with E-state index in [9.17, 15) is 13.2 Å². The van der Waals surface area contributed by atoms with Gasteiger partial charge in [0.1, 0.15) is 5.75 Å². The fourth-order valence-corrected chi connectivity index (χ4v) is 4.01. The minimum atomic E-state index is -3.80. The number of amides is 1. The van der Waals surface area contributed by atoms with Gasteiger partial charge in [-0.15, -0.1) is 0 Å². The van der Waals surface area contributed by atoms with Crippen LogP contribution < -0.4 is 14.8 Å². The predicted octanol–water partition coefficient (Wildman–Crippen LogP) is 5.43. The quantitative estimate of drug-likeness (QED) is 0.474. The third-order valence-electron chi connectivity index (χ3n) is 4.38. The van der Waals surface area contributed by atoms with Crippen LogP contribution in [-0.4, -0.2) is 20.9 Å². The number of hydrogen-bond acceptors (Lipinski definition) is 4. The van der Waals surface area contributed by atoms with Crippen molar-refractivity contribution < 1.29 is 17.9 Å². The summed E-state index contributed by atoms with van der Waals surface area (Å²) in [6.45, 7) is 3.46. The van der Waals surface area contributed by atoms with Crippen LogP contribution in [0.3, 0.4) is 0 Å². The first-order valence-corrected chi connectivity index (χ1v) is 11.5. The SMILES string of the molecule is Cc1ccc(NC(=O)COc2ccc(S(=O)(=O)Nc3ccc(C)c(Cl)c3)cc2)cc1Cl. The van der Waals surface area contributed by atoms with Crippen LogP contribution in [0.5, 0.6) is 5.75 Å². The van der Waals surface area contributed by atoms with Gasteiger partial charge >= 0.3 is 0 Å². The molecule has 0 aliphatic carbocycles. The number of anilines is 2. The van der Waals surface area contributed by atoms with Crippen LogP contribution in [-0.2, 0) is 14.8 Å². The summed E-state index contributed by atoms with van der Waals surface area (Å²) in [5.41, 5.74) is 2.68. The number of ether oxygens (including phenoxy) is 1. The monoisotopic (exact) mass is 478 g/mol. The van der Waals surface area contributed by atoms with Crippen LogP contribution in [0, 0.1) is 13.8 Å². The third-order valence-corrected chi connectivity index (χ3v) is 6.60. The number of carbonyl (C=O) groups is 1. The van der Waals surface area contributed by atoms with Gasteiger partial charge in [0.25, 0.3) is 15.9 Å². The maximum Gasteiger partial charge on any atom is 0.262 e. The lowest BCUT2D eigenvalue weighted by Crippen LogP contribution is -2.20. The molecule has 0 fully saturated rings. The normalized spacial score (nSPS) is 11.1. The van der Waals surface area contributed by atoms with E-state index in [2.05, 4.69) is 10.0 Å². The van der Waals surface area contributed by atoms with Crippen molar-refractivity contribution in [3.63, 3.8) is 0 Å². The van der Waals surface area contributed by atoms with E-state index in [1.807, 2.05) is 13.8 Å². The van der Waals surface area contributed by atoms with Crippen LogP contribution >= 0.6 is 23.2 Å². The molecule has 1 amide bonds. The maximum atomic E-state index is 12.6. The standard InChI is InChI=1S/C22H20Cl2N2O4S/c1-14-3-5-16(11-20(14)23)25-22(27)13-30-18-7-9-19(10-8-18)31(28,29)26-17-6-4-15(2)21(24)12-17/h3-12,26H,13H2,1-2H3,(H,25,27). The number of sulfonamides is 1. The van der Waals surface area contributed by atoms with Gasteiger partial charge in [-0.1, -0.05) is 35.3 Å². The number of rotatable bonds is 7. The Morgan fingerprint density at radius 3 is 2.00 bits per heavy atom. The number of halogens is 2. The Labute approximate surface area is 191 Å². The average Bonchev–Trinajstić information content (AvgIpc) is 2.72. The molecule has 0 bridgehead atoms. The molecule has 0 aliphatic rings. The number of aryl methyl sites for hydroxylation is 2. The van der Waals surface area contributed by atoms with E-state index in [-0.39, 0.29) is 17.4 Å². The molecule has 0 radical (unpaired) electrons. The van der Waals surface area contributed by atoms with Crippen LogP contribution in [0.15, 0.2) is 65.6 Å². The van der Waals surface area contributed by atoms with Gasteiger partial charge in [-0.25, -0.2) is 8.42 Å². The smallest absolute Gasteiger partial charge is 0.262 e. The highest BCUT2D eigenvalue weighted by Crippen LogP contribution is 2.24. The highest BCUT2D eigenvalue weighted by atomic mass is 35.5. The molecule has 162 valence electrons. The molecule has 0 aromatic heterocycles. The van der Waals surface area contributed by atoms with Gasteiger partial charge < -0.3 is 10.1 Å². The Hall–Kier alpha value is -2.74. The number of nitrogens with one attached hydrogen (secondary N) is 2. The molecule has 31 heavy (non-hydrogen) atoms. The van der Waals surface area contributed by atoms with E-state index in [4.69, 9.17) is 27.9 Å². The molecule has 0 saturated heterocycles. The maximum absolute atomic E-state index is 12.6. The highest BCUT2D eigenvalue weighted by Gasteiger charge is 2.15. The van der Waals surface area contributed by atoms with Gasteiger partial charge in [-0.3, -0.25) is 9.52 Å². The van der Waals surface area contributed by atoms with E-state index < -0.39 is 10.0 Å². The molecular formula is C22H20Cl2N2O4S. The molecule has 0 spiro atoms. The molecule has 9 heteroatoms. The second-order valence-corrected chi connectivity index (χ2v) is 9.34. The summed E-state index contributed by atoms with van der Waals surface area (Å²) in [7, 11) is -3.80. The number of benzene rings is 3. The van der Waals surface area contributed by atoms with Crippen LogP contribution in [0.4, 0.5) is 11.4 Å². The van der Waals surface area contributed by atoms with Crippen LogP contribution in [0.1, 0.15) is 11.1 Å². The van der Waals surface area contributed by atoms with Crippen molar-refractivity contribution in [2.24, 2.45) is 0 Å². The van der Waals surface area contributed by atoms with Crippen molar-refractivity contribution in [1.29, 1.82) is 0 Å². The molecule has 0 atom stereocenters. The molecule has 3 aromatic carbocycles. The summed E-state index contributed by atoms with van der Waals surface area (Å²) in [6.07, 6.45) is 0. The Bertz CT molecular complexity index is 1210. The molecule has 0 aliphatic heterocycles. The largest absolute Gasteiger partial charge is 0.484 e. The van der Waals surface area contributed by atoms with Gasteiger partial charge in [0, 0.05) is 15.7 Å². The van der Waals surface area contributed by atoms with Gasteiger partial charge in [-0.05, 0) is 73.5 Å². The summed E-state index contributed by atoms with van der Waals surface area (Å²) in [5, 5.41) is 3.71. The van der Waals surface area contributed by atoms with Gasteiger partial charge in [-0.2, -0.15) is 0 Å². The molecule has 2 N–H and O–H groups in total. The lowest BCUT2D eigenvalue weighted by atomic mass is 10.2. The molecule has 0 saturated carbocycles. The van der Waals surface area contributed by atoms with Crippen molar-refractivity contribution in [3.8, 4) is 5.75 Å². The van der Waals surface area contributed by atoms with Crippen LogP contribution in [0.25, 0.3) is 0 Å². The zero-order chi connectivity index (χ0) is 22.6. The Kier molecular flexibility index (Phi) is 7.10. The van der Waals surface area contributed by atoms with Crippen molar-refractivity contribution in [2.45, 2.75) is 18.7 Å². The molecule has 3 aromatic rings. The summed E-state index contributed by atoms with van der Waals surface area (Å²) >= 11 is 12.1. The lowest BCUT2D eigenvalue weighted by molar-refractivity contribution is -0.118.